The van der Waals surface area contributed by atoms with Crippen LogP contribution >= 0.6 is 0 Å². The van der Waals surface area contributed by atoms with Crippen molar-refractivity contribution in [2.75, 3.05) is 0 Å². The fraction of sp³-hybridized carbons (Fsp3) is 0.308. The second-order valence-electron chi connectivity index (χ2n) is 4.03. The van der Waals surface area contributed by atoms with E-state index in [1.54, 1.807) is 4.57 Å². The first-order chi connectivity index (χ1) is 7.20. The van der Waals surface area contributed by atoms with Crippen LogP contribution < -0.4 is 5.56 Å². The van der Waals surface area contributed by atoms with Crippen molar-refractivity contribution in [3.05, 3.63) is 45.9 Å². The van der Waals surface area contributed by atoms with Crippen molar-refractivity contribution in [3.63, 3.8) is 0 Å². The second kappa shape index (κ2) is 3.89. The topological polar surface area (TPSA) is 22.0 Å². The first-order valence-electron chi connectivity index (χ1n) is 5.28. The Morgan fingerprint density at radius 1 is 1.27 bits per heavy atom. The summed E-state index contributed by atoms with van der Waals surface area (Å²) in [6.07, 6.45) is 10.8. The van der Waals surface area contributed by atoms with Crippen molar-refractivity contribution in [1.82, 2.24) is 4.57 Å². The highest BCUT2D eigenvalue weighted by Crippen LogP contribution is 2.14. The standard InChI is InChI=1S/C13H15NO/c1-10(2)14-9-8-11-6-4-3-5-7-12(11)13(14)15/h4-10H,3H2,1-2H3. The Bertz CT molecular complexity index is 478. The van der Waals surface area contributed by atoms with Crippen LogP contribution in [0.3, 0.4) is 0 Å². The monoisotopic (exact) mass is 201 g/mol. The zero-order valence-electron chi connectivity index (χ0n) is 9.10. The van der Waals surface area contributed by atoms with Crippen LogP contribution in [0, 0.1) is 0 Å². The van der Waals surface area contributed by atoms with Crippen LogP contribution in [0.1, 0.15) is 37.4 Å². The molecule has 0 saturated heterocycles. The maximum atomic E-state index is 12.1. The van der Waals surface area contributed by atoms with E-state index in [9.17, 15) is 4.79 Å². The molecule has 2 rings (SSSR count). The molecule has 0 atom stereocenters. The molecule has 0 aromatic carbocycles. The normalized spacial score (nSPS) is 14.1. The summed E-state index contributed by atoms with van der Waals surface area (Å²) in [7, 11) is 0. The van der Waals surface area contributed by atoms with E-state index in [1.165, 1.54) is 0 Å². The molecule has 15 heavy (non-hydrogen) atoms. The molecule has 0 bridgehead atoms. The van der Waals surface area contributed by atoms with Crippen molar-refractivity contribution in [2.45, 2.75) is 26.3 Å². The second-order valence-corrected chi connectivity index (χ2v) is 4.03. The third-order valence-corrected chi connectivity index (χ3v) is 2.60. The van der Waals surface area contributed by atoms with Gasteiger partial charge in [0.15, 0.2) is 0 Å². The van der Waals surface area contributed by atoms with Gasteiger partial charge in [0.05, 0.1) is 0 Å². The Labute approximate surface area is 89.6 Å². The molecule has 0 radical (unpaired) electrons. The Kier molecular flexibility index (Phi) is 2.58. The van der Waals surface area contributed by atoms with Crippen LogP contribution in [0.15, 0.2) is 29.2 Å². The summed E-state index contributed by atoms with van der Waals surface area (Å²) in [6.45, 7) is 4.04. The lowest BCUT2D eigenvalue weighted by molar-refractivity contribution is 0.577. The smallest absolute Gasteiger partial charge is 0.258 e. The Balaban J connectivity index is 2.67. The predicted octanol–water partition coefficient (Wildman–Crippen LogP) is 2.86. The third-order valence-electron chi connectivity index (χ3n) is 2.60. The molecule has 0 N–H and O–H groups in total. The van der Waals surface area contributed by atoms with Crippen LogP contribution in [-0.2, 0) is 0 Å². The molecule has 0 spiro atoms. The lowest BCUT2D eigenvalue weighted by Crippen LogP contribution is -2.23. The summed E-state index contributed by atoms with van der Waals surface area (Å²) in [5.74, 6) is 0. The van der Waals surface area contributed by atoms with Gasteiger partial charge >= 0.3 is 0 Å². The van der Waals surface area contributed by atoms with Gasteiger partial charge in [-0.25, -0.2) is 0 Å². The maximum Gasteiger partial charge on any atom is 0.258 e. The molecule has 1 aromatic rings. The van der Waals surface area contributed by atoms with Crippen molar-refractivity contribution < 1.29 is 0 Å². The highest BCUT2D eigenvalue weighted by atomic mass is 16.1. The van der Waals surface area contributed by atoms with E-state index >= 15 is 0 Å². The Morgan fingerprint density at radius 2 is 2.00 bits per heavy atom. The molecular formula is C13H15NO. The minimum atomic E-state index is 0.102. The lowest BCUT2D eigenvalue weighted by Gasteiger charge is -2.11. The van der Waals surface area contributed by atoms with Gasteiger partial charge in [0, 0.05) is 17.8 Å². The summed E-state index contributed by atoms with van der Waals surface area (Å²) in [5.41, 5.74) is 1.93. The van der Waals surface area contributed by atoms with Crippen LogP contribution in [0.5, 0.6) is 0 Å². The van der Waals surface area contributed by atoms with Gasteiger partial charge in [-0.05, 0) is 31.9 Å². The number of hydrogen-bond donors (Lipinski definition) is 0. The van der Waals surface area contributed by atoms with Crippen molar-refractivity contribution in [2.24, 2.45) is 0 Å². The van der Waals surface area contributed by atoms with Gasteiger partial charge in [-0.1, -0.05) is 24.3 Å². The van der Waals surface area contributed by atoms with E-state index in [0.29, 0.717) is 0 Å². The van der Waals surface area contributed by atoms with Crippen molar-refractivity contribution in [1.29, 1.82) is 0 Å². The molecule has 1 aromatic heterocycles. The fourth-order valence-electron chi connectivity index (χ4n) is 1.76. The number of fused-ring (bicyclic) bond motifs is 1. The molecule has 0 saturated carbocycles. The van der Waals surface area contributed by atoms with Gasteiger partial charge in [0.25, 0.3) is 5.56 Å². The van der Waals surface area contributed by atoms with E-state index in [4.69, 9.17) is 0 Å². The number of nitrogens with zero attached hydrogens (tertiary/aromatic N) is 1. The zero-order valence-corrected chi connectivity index (χ0v) is 9.10. The van der Waals surface area contributed by atoms with Gasteiger partial charge in [-0.3, -0.25) is 4.79 Å². The molecule has 0 fully saturated rings. The molecule has 0 unspecified atom stereocenters. The quantitative estimate of drug-likeness (QED) is 0.684. The fourth-order valence-corrected chi connectivity index (χ4v) is 1.76. The largest absolute Gasteiger partial charge is 0.312 e. The Hall–Kier alpha value is -1.57. The molecule has 0 amide bonds. The average Bonchev–Trinajstić information content (AvgIpc) is 2.43. The van der Waals surface area contributed by atoms with E-state index in [2.05, 4.69) is 6.08 Å². The minimum Gasteiger partial charge on any atom is -0.312 e. The molecule has 2 nitrogen and oxygen atoms in total. The van der Waals surface area contributed by atoms with E-state index < -0.39 is 0 Å². The van der Waals surface area contributed by atoms with Gasteiger partial charge in [0.2, 0.25) is 0 Å². The van der Waals surface area contributed by atoms with E-state index in [-0.39, 0.29) is 11.6 Å². The van der Waals surface area contributed by atoms with Crippen molar-refractivity contribution >= 4 is 12.2 Å². The molecule has 78 valence electrons. The van der Waals surface area contributed by atoms with Gasteiger partial charge in [0.1, 0.15) is 0 Å². The first-order valence-corrected chi connectivity index (χ1v) is 5.28. The maximum absolute atomic E-state index is 12.1. The number of rotatable bonds is 1. The number of allylic oxidation sites excluding steroid dienone is 2. The SMILES string of the molecule is CC(C)n1ccc2c(c1=O)C=CCC=C2. The van der Waals surface area contributed by atoms with Crippen LogP contribution in [0.25, 0.3) is 12.2 Å². The lowest BCUT2D eigenvalue weighted by atomic mass is 10.1. The summed E-state index contributed by atoms with van der Waals surface area (Å²) < 4.78 is 1.77. The summed E-state index contributed by atoms with van der Waals surface area (Å²) in [4.78, 5) is 12.1. The minimum absolute atomic E-state index is 0.102. The summed E-state index contributed by atoms with van der Waals surface area (Å²) in [5, 5.41) is 0. The highest BCUT2D eigenvalue weighted by molar-refractivity contribution is 5.66. The first kappa shape index (κ1) is 9.97. The van der Waals surface area contributed by atoms with Crippen molar-refractivity contribution in [3.8, 4) is 0 Å². The van der Waals surface area contributed by atoms with E-state index in [0.717, 1.165) is 17.5 Å². The zero-order chi connectivity index (χ0) is 10.8. The third kappa shape index (κ3) is 1.80. The number of aromatic nitrogens is 1. The molecule has 1 aliphatic rings. The number of hydrogen-bond acceptors (Lipinski definition) is 1. The molecule has 2 heteroatoms. The van der Waals surface area contributed by atoms with Gasteiger partial charge in [-0.2, -0.15) is 0 Å². The summed E-state index contributed by atoms with van der Waals surface area (Å²) in [6, 6.07) is 2.21. The summed E-state index contributed by atoms with van der Waals surface area (Å²) >= 11 is 0. The highest BCUT2D eigenvalue weighted by Gasteiger charge is 2.08. The van der Waals surface area contributed by atoms with Crippen LogP contribution in [0.2, 0.25) is 0 Å². The molecule has 1 heterocycles. The predicted molar refractivity (Wildman–Crippen MR) is 63.8 cm³/mol. The number of pyridine rings is 1. The average molecular weight is 201 g/mol. The van der Waals surface area contributed by atoms with E-state index in [1.807, 2.05) is 44.3 Å². The van der Waals surface area contributed by atoms with Gasteiger partial charge in [-0.15, -0.1) is 0 Å². The molecule has 0 aliphatic heterocycles. The van der Waals surface area contributed by atoms with Crippen LogP contribution in [0.4, 0.5) is 0 Å². The van der Waals surface area contributed by atoms with Gasteiger partial charge < -0.3 is 4.57 Å². The Morgan fingerprint density at radius 3 is 2.73 bits per heavy atom. The molecular weight excluding hydrogens is 186 g/mol. The molecule has 1 aliphatic carbocycles. The van der Waals surface area contributed by atoms with Crippen LogP contribution in [-0.4, -0.2) is 4.57 Å².